The standard InChI is InChI=1S/C17H26FNO/c1-4-19-17(11-13-9-15(10-13)20-5-2)16-7-6-14(18)8-12(16)3/h6-8,13,15,17,19H,4-5,9-11H2,1-3H3. The van der Waals surface area contributed by atoms with Gasteiger partial charge in [0.15, 0.2) is 0 Å². The second-order valence-corrected chi connectivity index (χ2v) is 5.76. The van der Waals surface area contributed by atoms with E-state index in [0.717, 1.165) is 43.9 Å². The molecule has 1 aromatic carbocycles. The van der Waals surface area contributed by atoms with Crippen LogP contribution in [0.4, 0.5) is 4.39 Å². The zero-order valence-corrected chi connectivity index (χ0v) is 12.8. The third-order valence-electron chi connectivity index (χ3n) is 4.22. The van der Waals surface area contributed by atoms with Gasteiger partial charge in [-0.15, -0.1) is 0 Å². The van der Waals surface area contributed by atoms with Crippen molar-refractivity contribution in [1.29, 1.82) is 0 Å². The highest BCUT2D eigenvalue weighted by Crippen LogP contribution is 2.37. The maximum Gasteiger partial charge on any atom is 0.123 e. The molecule has 1 unspecified atom stereocenters. The molecule has 3 heteroatoms. The van der Waals surface area contributed by atoms with E-state index in [1.165, 1.54) is 5.56 Å². The number of hydrogen-bond donors (Lipinski definition) is 1. The van der Waals surface area contributed by atoms with Gasteiger partial charge in [-0.3, -0.25) is 0 Å². The SMILES string of the molecule is CCNC(CC1CC(OCC)C1)c1ccc(F)cc1C. The fourth-order valence-corrected chi connectivity index (χ4v) is 3.17. The first-order valence-corrected chi connectivity index (χ1v) is 7.75. The van der Waals surface area contributed by atoms with Crippen molar-refractivity contribution in [2.24, 2.45) is 5.92 Å². The zero-order valence-electron chi connectivity index (χ0n) is 12.8. The lowest BCUT2D eigenvalue weighted by molar-refractivity contribution is -0.0291. The van der Waals surface area contributed by atoms with Crippen LogP contribution < -0.4 is 5.32 Å². The molecule has 0 bridgehead atoms. The van der Waals surface area contributed by atoms with Crippen LogP contribution >= 0.6 is 0 Å². The van der Waals surface area contributed by atoms with Crippen LogP contribution in [0.2, 0.25) is 0 Å². The summed E-state index contributed by atoms with van der Waals surface area (Å²) in [4.78, 5) is 0. The van der Waals surface area contributed by atoms with Gasteiger partial charge in [0.25, 0.3) is 0 Å². The summed E-state index contributed by atoms with van der Waals surface area (Å²) in [6.07, 6.45) is 3.90. The lowest BCUT2D eigenvalue weighted by Crippen LogP contribution is -2.35. The number of benzene rings is 1. The van der Waals surface area contributed by atoms with Crippen LogP contribution in [0.3, 0.4) is 0 Å². The topological polar surface area (TPSA) is 21.3 Å². The molecule has 2 nitrogen and oxygen atoms in total. The van der Waals surface area contributed by atoms with Gasteiger partial charge in [0.2, 0.25) is 0 Å². The molecule has 0 radical (unpaired) electrons. The highest BCUT2D eigenvalue weighted by atomic mass is 19.1. The summed E-state index contributed by atoms with van der Waals surface area (Å²) < 4.78 is 18.9. The van der Waals surface area contributed by atoms with Crippen molar-refractivity contribution >= 4 is 0 Å². The van der Waals surface area contributed by atoms with Gasteiger partial charge in [-0.1, -0.05) is 13.0 Å². The molecule has 0 saturated heterocycles. The minimum Gasteiger partial charge on any atom is -0.378 e. The molecule has 0 heterocycles. The van der Waals surface area contributed by atoms with Crippen molar-refractivity contribution in [3.63, 3.8) is 0 Å². The first-order chi connectivity index (χ1) is 9.63. The molecule has 1 N–H and O–H groups in total. The van der Waals surface area contributed by atoms with Gasteiger partial charge in [0.05, 0.1) is 6.10 Å². The smallest absolute Gasteiger partial charge is 0.123 e. The molecule has 2 rings (SSSR count). The van der Waals surface area contributed by atoms with Gasteiger partial charge in [-0.2, -0.15) is 0 Å². The number of aryl methyl sites for hydroxylation is 1. The van der Waals surface area contributed by atoms with Crippen molar-refractivity contribution in [2.45, 2.75) is 52.2 Å². The second-order valence-electron chi connectivity index (χ2n) is 5.76. The van der Waals surface area contributed by atoms with E-state index in [9.17, 15) is 4.39 Å². The van der Waals surface area contributed by atoms with Crippen molar-refractivity contribution in [1.82, 2.24) is 5.32 Å². The van der Waals surface area contributed by atoms with Gasteiger partial charge in [0, 0.05) is 12.6 Å². The molecule has 0 amide bonds. The van der Waals surface area contributed by atoms with Crippen LogP contribution in [0.1, 0.15) is 50.3 Å². The van der Waals surface area contributed by atoms with E-state index in [1.54, 1.807) is 12.1 Å². The summed E-state index contributed by atoms with van der Waals surface area (Å²) in [6.45, 7) is 7.91. The number of rotatable bonds is 7. The van der Waals surface area contributed by atoms with Gasteiger partial charge in [-0.05, 0) is 68.8 Å². The summed E-state index contributed by atoms with van der Waals surface area (Å²) in [5.74, 6) is 0.571. The highest BCUT2D eigenvalue weighted by Gasteiger charge is 2.31. The van der Waals surface area contributed by atoms with E-state index < -0.39 is 0 Å². The molecule has 20 heavy (non-hydrogen) atoms. The Kier molecular flexibility index (Phi) is 5.55. The minimum absolute atomic E-state index is 0.151. The van der Waals surface area contributed by atoms with Crippen molar-refractivity contribution in [2.75, 3.05) is 13.2 Å². The van der Waals surface area contributed by atoms with Crippen LogP contribution in [0.25, 0.3) is 0 Å². The van der Waals surface area contributed by atoms with Crippen LogP contribution in [0, 0.1) is 18.7 Å². The molecule has 1 saturated carbocycles. The summed E-state index contributed by atoms with van der Waals surface area (Å²) >= 11 is 0. The predicted octanol–water partition coefficient (Wildman–Crippen LogP) is 3.99. The predicted molar refractivity (Wildman–Crippen MR) is 80.3 cm³/mol. The van der Waals surface area contributed by atoms with E-state index in [2.05, 4.69) is 19.2 Å². The van der Waals surface area contributed by atoms with E-state index in [-0.39, 0.29) is 5.82 Å². The number of halogens is 1. The Bertz CT molecular complexity index is 429. The Balaban J connectivity index is 1.97. The van der Waals surface area contributed by atoms with Crippen molar-refractivity contribution in [3.05, 3.63) is 35.1 Å². The summed E-state index contributed by atoms with van der Waals surface area (Å²) in [7, 11) is 0. The lowest BCUT2D eigenvalue weighted by atomic mass is 9.77. The van der Waals surface area contributed by atoms with Gasteiger partial charge in [0.1, 0.15) is 5.82 Å². The molecule has 1 fully saturated rings. The molecule has 0 spiro atoms. The Morgan fingerprint density at radius 1 is 1.35 bits per heavy atom. The maximum atomic E-state index is 13.2. The van der Waals surface area contributed by atoms with Crippen LogP contribution in [-0.2, 0) is 4.74 Å². The van der Waals surface area contributed by atoms with Gasteiger partial charge < -0.3 is 10.1 Å². The molecule has 1 aliphatic carbocycles. The number of nitrogens with one attached hydrogen (secondary N) is 1. The Morgan fingerprint density at radius 2 is 2.10 bits per heavy atom. The highest BCUT2D eigenvalue weighted by molar-refractivity contribution is 5.29. The zero-order chi connectivity index (χ0) is 14.5. The van der Waals surface area contributed by atoms with E-state index in [1.807, 2.05) is 13.0 Å². The second kappa shape index (κ2) is 7.19. The fraction of sp³-hybridized carbons (Fsp3) is 0.647. The largest absolute Gasteiger partial charge is 0.378 e. The van der Waals surface area contributed by atoms with Gasteiger partial charge in [-0.25, -0.2) is 4.39 Å². The third kappa shape index (κ3) is 3.80. The lowest BCUT2D eigenvalue weighted by Gasteiger charge is -2.37. The molecular weight excluding hydrogens is 253 g/mol. The molecule has 1 aliphatic rings. The van der Waals surface area contributed by atoms with E-state index in [0.29, 0.717) is 12.1 Å². The van der Waals surface area contributed by atoms with E-state index >= 15 is 0 Å². The third-order valence-corrected chi connectivity index (χ3v) is 4.22. The first-order valence-electron chi connectivity index (χ1n) is 7.75. The molecule has 112 valence electrons. The molecule has 0 aliphatic heterocycles. The first kappa shape index (κ1) is 15.5. The quantitative estimate of drug-likeness (QED) is 0.815. The fourth-order valence-electron chi connectivity index (χ4n) is 3.17. The normalized spacial score (nSPS) is 23.4. The van der Waals surface area contributed by atoms with Gasteiger partial charge >= 0.3 is 0 Å². The summed E-state index contributed by atoms with van der Waals surface area (Å²) in [6, 6.07) is 5.45. The molecule has 0 aromatic heterocycles. The Labute approximate surface area is 121 Å². The monoisotopic (exact) mass is 279 g/mol. The summed E-state index contributed by atoms with van der Waals surface area (Å²) in [5.41, 5.74) is 2.27. The average molecular weight is 279 g/mol. The molecular formula is C17H26FNO. The van der Waals surface area contributed by atoms with E-state index in [4.69, 9.17) is 4.74 Å². The Hall–Kier alpha value is -0.930. The minimum atomic E-state index is -0.151. The van der Waals surface area contributed by atoms with Crippen LogP contribution in [-0.4, -0.2) is 19.3 Å². The average Bonchev–Trinajstić information content (AvgIpc) is 2.35. The summed E-state index contributed by atoms with van der Waals surface area (Å²) in [5, 5.41) is 3.54. The Morgan fingerprint density at radius 3 is 2.70 bits per heavy atom. The number of ether oxygens (including phenoxy) is 1. The molecule has 1 atom stereocenters. The van der Waals surface area contributed by atoms with Crippen molar-refractivity contribution in [3.8, 4) is 0 Å². The van der Waals surface area contributed by atoms with Crippen molar-refractivity contribution < 1.29 is 9.13 Å². The maximum absolute atomic E-state index is 13.2. The molecule has 1 aromatic rings. The number of hydrogen-bond acceptors (Lipinski definition) is 2. The van der Waals surface area contributed by atoms with Crippen LogP contribution in [0.15, 0.2) is 18.2 Å². The van der Waals surface area contributed by atoms with Crippen LogP contribution in [0.5, 0.6) is 0 Å².